The second kappa shape index (κ2) is 10.8. The Morgan fingerprint density at radius 3 is 2.38 bits per heavy atom. The van der Waals surface area contributed by atoms with Crippen LogP contribution in [-0.2, 0) is 24.6 Å². The number of rotatable bonds is 5. The van der Waals surface area contributed by atoms with Crippen LogP contribution in [0.15, 0.2) is 81.3 Å². The molecular formula is C34H29Br2N3O6. The average Bonchev–Trinajstić information content (AvgIpc) is 3.45. The number of aryl methyl sites for hydroxylation is 1. The Hall–Kier alpha value is -3.96. The van der Waals surface area contributed by atoms with Gasteiger partial charge in [-0.3, -0.25) is 29.9 Å². The van der Waals surface area contributed by atoms with Crippen LogP contribution in [0.2, 0.25) is 0 Å². The summed E-state index contributed by atoms with van der Waals surface area (Å²) < 4.78 is 6.37. The summed E-state index contributed by atoms with van der Waals surface area (Å²) in [6, 6.07) is 18.3. The molecule has 2 aliphatic carbocycles. The number of carbonyl (C=O) groups is 4. The second-order valence-corrected chi connectivity index (χ2v) is 13.7. The second-order valence-electron chi connectivity index (χ2n) is 12.1. The fourth-order valence-electron chi connectivity index (χ4n) is 7.98. The molecule has 6 atom stereocenters. The quantitative estimate of drug-likeness (QED) is 0.234. The predicted octanol–water partition coefficient (Wildman–Crippen LogP) is 5.51. The summed E-state index contributed by atoms with van der Waals surface area (Å²) in [7, 11) is 1.44. The molecule has 230 valence electrons. The number of nitrogens with one attached hydrogen (secondary N) is 2. The minimum Gasteiger partial charge on any atom is -0.503 e. The summed E-state index contributed by atoms with van der Waals surface area (Å²) in [6.07, 6.45) is 2.49. The van der Waals surface area contributed by atoms with Crippen LogP contribution in [0.25, 0.3) is 0 Å². The number of phenolic OH excluding ortho intramolecular Hbond substituents is 1. The number of phenols is 1. The summed E-state index contributed by atoms with van der Waals surface area (Å²) in [5, 5.41) is 14.5. The molecule has 0 radical (unpaired) electrons. The zero-order valence-electron chi connectivity index (χ0n) is 24.3. The summed E-state index contributed by atoms with van der Waals surface area (Å²) in [5.74, 6) is -4.82. The van der Waals surface area contributed by atoms with Gasteiger partial charge in [0, 0.05) is 10.4 Å². The van der Waals surface area contributed by atoms with Crippen LogP contribution in [0.3, 0.4) is 0 Å². The van der Waals surface area contributed by atoms with E-state index in [2.05, 4.69) is 42.6 Å². The molecule has 4 aliphatic rings. The Morgan fingerprint density at radius 1 is 0.978 bits per heavy atom. The van der Waals surface area contributed by atoms with E-state index in [1.54, 1.807) is 6.07 Å². The highest BCUT2D eigenvalue weighted by atomic mass is 79.9. The van der Waals surface area contributed by atoms with Gasteiger partial charge in [0.15, 0.2) is 11.5 Å². The number of ether oxygens (including phenoxy) is 1. The molecule has 3 fully saturated rings. The number of benzene rings is 3. The number of anilines is 1. The van der Waals surface area contributed by atoms with E-state index in [4.69, 9.17) is 4.74 Å². The van der Waals surface area contributed by atoms with Crippen LogP contribution in [0.5, 0.6) is 11.5 Å². The number of carbonyl (C=O) groups excluding carboxylic acids is 4. The van der Waals surface area contributed by atoms with Crippen LogP contribution in [0, 0.1) is 30.6 Å². The highest BCUT2D eigenvalue weighted by Gasteiger charge is 2.70. The summed E-state index contributed by atoms with van der Waals surface area (Å²) >= 11 is 7.17. The number of imide groups is 2. The minimum absolute atomic E-state index is 0.124. The monoisotopic (exact) mass is 733 g/mol. The summed E-state index contributed by atoms with van der Waals surface area (Å²) in [4.78, 5) is 55.8. The number of halogens is 2. The fraction of sp³-hybridized carbons (Fsp3) is 0.294. The molecule has 1 saturated carbocycles. The molecule has 3 N–H and O–H groups in total. The van der Waals surface area contributed by atoms with Crippen LogP contribution in [0.4, 0.5) is 5.69 Å². The van der Waals surface area contributed by atoms with E-state index < -0.39 is 46.8 Å². The summed E-state index contributed by atoms with van der Waals surface area (Å²) in [5.41, 5.74) is 5.31. The molecular weight excluding hydrogens is 706 g/mol. The maximum Gasteiger partial charge on any atom is 0.260 e. The predicted molar refractivity (Wildman–Crippen MR) is 172 cm³/mol. The average molecular weight is 735 g/mol. The van der Waals surface area contributed by atoms with E-state index in [1.807, 2.05) is 67.6 Å². The van der Waals surface area contributed by atoms with Gasteiger partial charge in [-0.05, 0) is 86.9 Å². The number of hydrogen-bond donors (Lipinski definition) is 3. The molecule has 0 aromatic heterocycles. The normalized spacial score (nSPS) is 28.7. The summed E-state index contributed by atoms with van der Waals surface area (Å²) in [6.45, 7) is 1.95. The maximum absolute atomic E-state index is 15.1. The van der Waals surface area contributed by atoms with Crippen molar-refractivity contribution in [2.45, 2.75) is 31.1 Å². The standard InChI is InChI=1S/C34H29Br2N3O6/c1-16-8-10-18(11-9-16)38-39-32(43)23-14-21-19(12-13-20-25(21)31(42)37-30(20)41)26(22-15-24(45-2)29(40)28(36)27(22)35)34(23,33(39)44)17-6-4-3-5-7-17/h3-12,15,20-21,23,25-26,38,40H,13-14H2,1-2H3,(H,37,41,42). The van der Waals surface area contributed by atoms with E-state index in [0.29, 0.717) is 32.2 Å². The number of methoxy groups -OCH3 is 1. The lowest BCUT2D eigenvalue weighted by Gasteiger charge is -2.51. The van der Waals surface area contributed by atoms with Crippen molar-refractivity contribution in [3.05, 3.63) is 97.9 Å². The first-order valence-electron chi connectivity index (χ1n) is 14.7. The van der Waals surface area contributed by atoms with Gasteiger partial charge < -0.3 is 9.84 Å². The molecule has 2 aliphatic heterocycles. The van der Waals surface area contributed by atoms with Crippen molar-refractivity contribution < 1.29 is 29.0 Å². The van der Waals surface area contributed by atoms with Crippen molar-refractivity contribution in [2.24, 2.45) is 23.7 Å². The van der Waals surface area contributed by atoms with Gasteiger partial charge in [0.25, 0.3) is 11.8 Å². The first-order valence-corrected chi connectivity index (χ1v) is 16.2. The van der Waals surface area contributed by atoms with Gasteiger partial charge in [-0.1, -0.05) is 59.7 Å². The van der Waals surface area contributed by atoms with Gasteiger partial charge in [0.1, 0.15) is 0 Å². The van der Waals surface area contributed by atoms with E-state index in [9.17, 15) is 19.5 Å². The smallest absolute Gasteiger partial charge is 0.260 e. The highest BCUT2D eigenvalue weighted by Crippen LogP contribution is 2.65. The Labute approximate surface area is 276 Å². The van der Waals surface area contributed by atoms with Crippen molar-refractivity contribution in [1.82, 2.24) is 10.3 Å². The first-order chi connectivity index (χ1) is 21.6. The number of nitrogens with zero attached hydrogens (tertiary/aromatic N) is 1. The number of amides is 4. The van der Waals surface area contributed by atoms with Gasteiger partial charge in [0.2, 0.25) is 11.8 Å². The van der Waals surface area contributed by atoms with Gasteiger partial charge in [-0.2, -0.15) is 5.01 Å². The van der Waals surface area contributed by atoms with Crippen molar-refractivity contribution in [3.63, 3.8) is 0 Å². The molecule has 2 heterocycles. The Bertz CT molecular complexity index is 1810. The van der Waals surface area contributed by atoms with Crippen LogP contribution < -0.4 is 15.5 Å². The first kappa shape index (κ1) is 29.7. The number of hydrogen-bond acceptors (Lipinski definition) is 7. The molecule has 3 aromatic carbocycles. The fourth-order valence-corrected chi connectivity index (χ4v) is 8.94. The third-order valence-corrected chi connectivity index (χ3v) is 12.1. The lowest BCUT2D eigenvalue weighted by molar-refractivity contribution is -0.138. The molecule has 3 aromatic rings. The molecule has 9 nitrogen and oxygen atoms in total. The molecule has 4 amide bonds. The van der Waals surface area contributed by atoms with E-state index >= 15 is 4.79 Å². The zero-order valence-corrected chi connectivity index (χ0v) is 27.5. The van der Waals surface area contributed by atoms with Crippen molar-refractivity contribution >= 4 is 61.2 Å². The SMILES string of the molecule is COc1cc(C2C3=CCC4C(=O)NC(=O)C4C3CC3C(=O)N(Nc4ccc(C)cc4)C(=O)C32c2ccccc2)c(Br)c(Br)c1O. The van der Waals surface area contributed by atoms with E-state index in [-0.39, 0.29) is 29.7 Å². The maximum atomic E-state index is 15.1. The number of allylic oxidation sites excluding steroid dienone is 2. The van der Waals surface area contributed by atoms with Crippen molar-refractivity contribution in [2.75, 3.05) is 12.5 Å². The minimum atomic E-state index is -1.44. The van der Waals surface area contributed by atoms with Crippen LogP contribution >= 0.6 is 31.9 Å². The van der Waals surface area contributed by atoms with Crippen molar-refractivity contribution in [3.8, 4) is 11.5 Å². The lowest BCUT2D eigenvalue weighted by Crippen LogP contribution is -2.53. The molecule has 0 bridgehead atoms. The number of aromatic hydroxyl groups is 1. The third-order valence-electron chi connectivity index (χ3n) is 9.94. The Morgan fingerprint density at radius 2 is 1.69 bits per heavy atom. The van der Waals surface area contributed by atoms with E-state index in [1.165, 1.54) is 7.11 Å². The Kier molecular flexibility index (Phi) is 7.16. The molecule has 7 rings (SSSR count). The van der Waals surface area contributed by atoms with Gasteiger partial charge in [-0.15, -0.1) is 0 Å². The van der Waals surface area contributed by atoms with Gasteiger partial charge >= 0.3 is 0 Å². The molecule has 11 heteroatoms. The van der Waals surface area contributed by atoms with Gasteiger partial charge in [0.05, 0.1) is 40.4 Å². The Balaban J connectivity index is 1.51. The molecule has 0 spiro atoms. The third kappa shape index (κ3) is 4.23. The largest absolute Gasteiger partial charge is 0.503 e. The van der Waals surface area contributed by atoms with Crippen LogP contribution in [-0.4, -0.2) is 40.9 Å². The highest BCUT2D eigenvalue weighted by molar-refractivity contribution is 9.13. The van der Waals surface area contributed by atoms with E-state index in [0.717, 1.165) is 16.1 Å². The molecule has 6 unspecified atom stereocenters. The molecule has 2 saturated heterocycles. The topological polar surface area (TPSA) is 125 Å². The van der Waals surface area contributed by atoms with Gasteiger partial charge in [-0.25, -0.2) is 0 Å². The van der Waals surface area contributed by atoms with Crippen molar-refractivity contribution in [1.29, 1.82) is 0 Å². The van der Waals surface area contributed by atoms with Crippen LogP contribution in [0.1, 0.15) is 35.4 Å². The lowest BCUT2D eigenvalue weighted by atomic mass is 9.49. The number of fused-ring (bicyclic) bond motifs is 4. The molecule has 45 heavy (non-hydrogen) atoms. The number of hydrazine groups is 1. The zero-order chi connectivity index (χ0) is 31.8.